The summed E-state index contributed by atoms with van der Waals surface area (Å²) in [6.45, 7) is 0. The van der Waals surface area contributed by atoms with E-state index in [0.717, 1.165) is 22.4 Å². The summed E-state index contributed by atoms with van der Waals surface area (Å²) < 4.78 is 7.08. The van der Waals surface area contributed by atoms with E-state index in [0.29, 0.717) is 5.69 Å². The fraction of sp³-hybridized carbons (Fsp3) is 0. The van der Waals surface area contributed by atoms with E-state index in [1.54, 1.807) is 6.20 Å². The molecule has 2 N–H and O–H groups in total. The molecular formula is C15H11IN2O. The number of halogens is 1. The number of rotatable bonds is 2. The molecule has 1 aromatic heterocycles. The number of benzene rings is 2. The van der Waals surface area contributed by atoms with Crippen LogP contribution in [-0.4, -0.2) is 4.98 Å². The lowest BCUT2D eigenvalue weighted by Crippen LogP contribution is -1.92. The molecule has 3 nitrogen and oxygen atoms in total. The van der Waals surface area contributed by atoms with E-state index in [9.17, 15) is 0 Å². The maximum absolute atomic E-state index is 5.92. The maximum atomic E-state index is 5.92. The summed E-state index contributed by atoms with van der Waals surface area (Å²) in [5, 5.41) is 0.918. The zero-order valence-corrected chi connectivity index (χ0v) is 12.2. The fourth-order valence-corrected chi connectivity index (χ4v) is 2.25. The summed E-state index contributed by atoms with van der Waals surface area (Å²) in [7, 11) is 0. The average molecular weight is 362 g/mol. The van der Waals surface area contributed by atoms with Gasteiger partial charge in [0, 0.05) is 15.2 Å². The van der Waals surface area contributed by atoms with Gasteiger partial charge in [0.2, 0.25) is 0 Å². The number of aromatic nitrogens is 1. The molecule has 4 heteroatoms. The molecule has 0 fully saturated rings. The van der Waals surface area contributed by atoms with Gasteiger partial charge in [-0.05, 0) is 65.1 Å². The molecule has 0 saturated carbocycles. The Bertz CT molecular complexity index is 726. The normalized spacial score (nSPS) is 10.6. The number of nitrogen functional groups attached to an aromatic ring is 1. The number of nitrogens with zero attached hydrogens (tertiary/aromatic N) is 1. The highest BCUT2D eigenvalue weighted by Crippen LogP contribution is 2.31. The minimum Gasteiger partial charge on any atom is -0.457 e. The Hall–Kier alpha value is -1.82. The number of hydrogen-bond donors (Lipinski definition) is 1. The monoisotopic (exact) mass is 362 g/mol. The van der Waals surface area contributed by atoms with E-state index in [1.807, 2.05) is 48.5 Å². The minimum atomic E-state index is 0.658. The third-order valence-corrected chi connectivity index (χ3v) is 3.52. The first-order chi connectivity index (χ1) is 9.24. The van der Waals surface area contributed by atoms with Gasteiger partial charge >= 0.3 is 0 Å². The van der Waals surface area contributed by atoms with Gasteiger partial charge in [-0.1, -0.05) is 6.07 Å². The van der Waals surface area contributed by atoms with Crippen molar-refractivity contribution in [2.24, 2.45) is 0 Å². The van der Waals surface area contributed by atoms with Gasteiger partial charge < -0.3 is 10.5 Å². The summed E-state index contributed by atoms with van der Waals surface area (Å²) in [6.07, 6.45) is 1.71. The molecule has 2 aromatic carbocycles. The van der Waals surface area contributed by atoms with Gasteiger partial charge in [-0.15, -0.1) is 0 Å². The van der Waals surface area contributed by atoms with E-state index in [-0.39, 0.29) is 0 Å². The quantitative estimate of drug-likeness (QED) is 0.549. The molecule has 19 heavy (non-hydrogen) atoms. The van der Waals surface area contributed by atoms with Gasteiger partial charge in [0.25, 0.3) is 0 Å². The summed E-state index contributed by atoms with van der Waals surface area (Å²) >= 11 is 2.26. The SMILES string of the molecule is Nc1cccc2c(Oc3ccc(I)cc3)ccnc12. The van der Waals surface area contributed by atoms with Gasteiger partial charge in [0.15, 0.2) is 0 Å². The van der Waals surface area contributed by atoms with E-state index in [1.165, 1.54) is 3.57 Å². The van der Waals surface area contributed by atoms with Crippen LogP contribution in [0.2, 0.25) is 0 Å². The molecule has 0 bridgehead atoms. The second-order valence-corrected chi connectivity index (χ2v) is 5.35. The molecule has 3 rings (SSSR count). The molecule has 0 saturated heterocycles. The Morgan fingerprint density at radius 2 is 1.79 bits per heavy atom. The minimum absolute atomic E-state index is 0.658. The van der Waals surface area contributed by atoms with Crippen LogP contribution in [-0.2, 0) is 0 Å². The summed E-state index contributed by atoms with van der Waals surface area (Å²) in [4.78, 5) is 4.29. The van der Waals surface area contributed by atoms with Gasteiger partial charge in [-0.25, -0.2) is 0 Å². The molecule has 0 aliphatic rings. The highest BCUT2D eigenvalue weighted by Gasteiger charge is 2.06. The Labute approximate surface area is 124 Å². The van der Waals surface area contributed by atoms with E-state index < -0.39 is 0 Å². The van der Waals surface area contributed by atoms with Crippen LogP contribution in [0.4, 0.5) is 5.69 Å². The zero-order valence-electron chi connectivity index (χ0n) is 10.0. The third kappa shape index (κ3) is 2.49. The molecule has 0 aliphatic carbocycles. The lowest BCUT2D eigenvalue weighted by atomic mass is 10.2. The molecule has 3 aromatic rings. The van der Waals surface area contributed by atoms with Crippen molar-refractivity contribution in [3.05, 3.63) is 58.3 Å². The van der Waals surface area contributed by atoms with Crippen molar-refractivity contribution in [3.8, 4) is 11.5 Å². The number of fused-ring (bicyclic) bond motifs is 1. The van der Waals surface area contributed by atoms with Gasteiger partial charge in [-0.2, -0.15) is 0 Å². The van der Waals surface area contributed by atoms with Crippen LogP contribution < -0.4 is 10.5 Å². The summed E-state index contributed by atoms with van der Waals surface area (Å²) in [5.41, 5.74) is 7.35. The van der Waals surface area contributed by atoms with Gasteiger partial charge in [0.1, 0.15) is 11.5 Å². The average Bonchev–Trinajstić information content (AvgIpc) is 2.43. The Morgan fingerprint density at radius 1 is 1.00 bits per heavy atom. The predicted molar refractivity (Wildman–Crippen MR) is 85.4 cm³/mol. The van der Waals surface area contributed by atoms with Crippen molar-refractivity contribution in [3.63, 3.8) is 0 Å². The second kappa shape index (κ2) is 5.05. The van der Waals surface area contributed by atoms with Crippen LogP contribution >= 0.6 is 22.6 Å². The van der Waals surface area contributed by atoms with Crippen molar-refractivity contribution in [2.75, 3.05) is 5.73 Å². The Balaban J connectivity index is 2.06. The molecule has 0 aliphatic heterocycles. The fourth-order valence-electron chi connectivity index (χ4n) is 1.89. The molecule has 1 heterocycles. The first-order valence-electron chi connectivity index (χ1n) is 5.81. The summed E-state index contributed by atoms with van der Waals surface area (Å²) in [5.74, 6) is 1.56. The second-order valence-electron chi connectivity index (χ2n) is 4.11. The van der Waals surface area contributed by atoms with Crippen molar-refractivity contribution in [1.29, 1.82) is 0 Å². The van der Waals surface area contributed by atoms with Crippen LogP contribution in [0.1, 0.15) is 0 Å². The largest absolute Gasteiger partial charge is 0.457 e. The summed E-state index contributed by atoms with van der Waals surface area (Å²) in [6, 6.07) is 15.5. The zero-order chi connectivity index (χ0) is 13.2. The number of para-hydroxylation sites is 1. The molecule has 94 valence electrons. The molecule has 0 radical (unpaired) electrons. The van der Waals surface area contributed by atoms with E-state index in [2.05, 4.69) is 27.6 Å². The molecule has 0 spiro atoms. The van der Waals surface area contributed by atoms with E-state index >= 15 is 0 Å². The predicted octanol–water partition coefficient (Wildman–Crippen LogP) is 4.21. The molecular weight excluding hydrogens is 351 g/mol. The molecule has 0 amide bonds. The smallest absolute Gasteiger partial charge is 0.138 e. The lowest BCUT2D eigenvalue weighted by Gasteiger charge is -2.09. The number of nitrogens with two attached hydrogens (primary N) is 1. The van der Waals surface area contributed by atoms with Crippen LogP contribution in [0, 0.1) is 3.57 Å². The Kier molecular flexibility index (Phi) is 3.25. The first kappa shape index (κ1) is 12.2. The number of anilines is 1. The third-order valence-electron chi connectivity index (χ3n) is 2.80. The number of ether oxygens (including phenoxy) is 1. The van der Waals surface area contributed by atoms with Crippen molar-refractivity contribution < 1.29 is 4.74 Å². The Morgan fingerprint density at radius 3 is 2.58 bits per heavy atom. The highest BCUT2D eigenvalue weighted by molar-refractivity contribution is 14.1. The highest BCUT2D eigenvalue weighted by atomic mass is 127. The number of hydrogen-bond acceptors (Lipinski definition) is 3. The molecule has 0 unspecified atom stereocenters. The van der Waals surface area contributed by atoms with Crippen molar-refractivity contribution >= 4 is 39.2 Å². The topological polar surface area (TPSA) is 48.1 Å². The maximum Gasteiger partial charge on any atom is 0.138 e. The lowest BCUT2D eigenvalue weighted by molar-refractivity contribution is 0.488. The van der Waals surface area contributed by atoms with Crippen LogP contribution in [0.3, 0.4) is 0 Å². The van der Waals surface area contributed by atoms with Crippen molar-refractivity contribution in [2.45, 2.75) is 0 Å². The van der Waals surface area contributed by atoms with E-state index in [4.69, 9.17) is 10.5 Å². The van der Waals surface area contributed by atoms with Gasteiger partial charge in [0.05, 0.1) is 11.2 Å². The van der Waals surface area contributed by atoms with Gasteiger partial charge in [-0.3, -0.25) is 4.98 Å². The molecule has 0 atom stereocenters. The van der Waals surface area contributed by atoms with Crippen LogP contribution in [0.5, 0.6) is 11.5 Å². The van der Waals surface area contributed by atoms with Crippen molar-refractivity contribution in [1.82, 2.24) is 4.98 Å². The van der Waals surface area contributed by atoms with Crippen LogP contribution in [0.15, 0.2) is 54.7 Å². The standard InChI is InChI=1S/C15H11IN2O/c16-10-4-6-11(7-5-10)19-14-8-9-18-15-12(14)2-1-3-13(15)17/h1-9H,17H2. The first-order valence-corrected chi connectivity index (χ1v) is 6.88. The number of pyridine rings is 1. The van der Waals surface area contributed by atoms with Crippen LogP contribution in [0.25, 0.3) is 10.9 Å².